The van der Waals surface area contributed by atoms with Crippen LogP contribution >= 0.6 is 11.6 Å². The van der Waals surface area contributed by atoms with Crippen LogP contribution in [-0.2, 0) is 0 Å². The number of rotatable bonds is 3. The van der Waals surface area contributed by atoms with E-state index in [1.165, 1.54) is 24.9 Å². The summed E-state index contributed by atoms with van der Waals surface area (Å²) in [5, 5.41) is 3.69. The van der Waals surface area contributed by atoms with E-state index in [1.54, 1.807) is 6.20 Å². The molecule has 7 heteroatoms. The molecule has 0 bridgehead atoms. The predicted octanol–water partition coefficient (Wildman–Crippen LogP) is 4.47. The van der Waals surface area contributed by atoms with Crippen molar-refractivity contribution < 1.29 is 4.79 Å². The number of piperazine rings is 1. The SMILES string of the molecule is CC1CN(c2ncccc2Cl)CCN1C(=O)Nc1ccc(N2CCCCC2)cc1. The van der Waals surface area contributed by atoms with E-state index in [9.17, 15) is 4.79 Å². The lowest BCUT2D eigenvalue weighted by Crippen LogP contribution is -2.55. The molecule has 0 saturated carbocycles. The number of pyridine rings is 1. The van der Waals surface area contributed by atoms with Gasteiger partial charge in [0.2, 0.25) is 0 Å². The highest BCUT2D eigenvalue weighted by atomic mass is 35.5. The first-order chi connectivity index (χ1) is 14.1. The molecule has 2 aliphatic heterocycles. The van der Waals surface area contributed by atoms with Crippen molar-refractivity contribution in [3.63, 3.8) is 0 Å². The number of aromatic nitrogens is 1. The summed E-state index contributed by atoms with van der Waals surface area (Å²) < 4.78 is 0. The molecule has 2 saturated heterocycles. The molecule has 0 radical (unpaired) electrons. The molecule has 1 N–H and O–H groups in total. The molecule has 2 amide bonds. The van der Waals surface area contributed by atoms with Crippen molar-refractivity contribution in [2.24, 2.45) is 0 Å². The minimum absolute atomic E-state index is 0.0602. The number of hydrogen-bond acceptors (Lipinski definition) is 4. The quantitative estimate of drug-likeness (QED) is 0.806. The van der Waals surface area contributed by atoms with Gasteiger partial charge in [-0.3, -0.25) is 0 Å². The number of benzene rings is 1. The van der Waals surface area contributed by atoms with Crippen molar-refractivity contribution in [3.8, 4) is 0 Å². The van der Waals surface area contributed by atoms with Crippen LogP contribution in [0.5, 0.6) is 0 Å². The van der Waals surface area contributed by atoms with Gasteiger partial charge in [0.15, 0.2) is 0 Å². The van der Waals surface area contributed by atoms with E-state index in [-0.39, 0.29) is 12.1 Å². The van der Waals surface area contributed by atoms with E-state index >= 15 is 0 Å². The van der Waals surface area contributed by atoms with Crippen LogP contribution < -0.4 is 15.1 Å². The third kappa shape index (κ3) is 4.58. The fourth-order valence-corrected chi connectivity index (χ4v) is 4.41. The molecule has 0 aliphatic carbocycles. The maximum atomic E-state index is 12.8. The summed E-state index contributed by atoms with van der Waals surface area (Å²) in [6.07, 6.45) is 5.58. The number of carbonyl (C=O) groups excluding carboxylic acids is 1. The molecule has 2 fully saturated rings. The highest BCUT2D eigenvalue weighted by Gasteiger charge is 2.29. The zero-order valence-corrected chi connectivity index (χ0v) is 17.6. The van der Waals surface area contributed by atoms with Gasteiger partial charge in [0.05, 0.1) is 5.02 Å². The van der Waals surface area contributed by atoms with Gasteiger partial charge in [-0.2, -0.15) is 0 Å². The molecular formula is C22H28ClN5O. The summed E-state index contributed by atoms with van der Waals surface area (Å²) >= 11 is 6.28. The summed E-state index contributed by atoms with van der Waals surface area (Å²) in [5.74, 6) is 0.786. The molecule has 2 aromatic rings. The van der Waals surface area contributed by atoms with Gasteiger partial charge in [-0.05, 0) is 62.6 Å². The van der Waals surface area contributed by atoms with Gasteiger partial charge in [0.25, 0.3) is 0 Å². The zero-order chi connectivity index (χ0) is 20.2. The van der Waals surface area contributed by atoms with Crippen LogP contribution in [0.3, 0.4) is 0 Å². The van der Waals surface area contributed by atoms with Crippen molar-refractivity contribution in [1.82, 2.24) is 9.88 Å². The molecule has 1 unspecified atom stereocenters. The molecule has 6 nitrogen and oxygen atoms in total. The molecule has 1 atom stereocenters. The van der Waals surface area contributed by atoms with Crippen LogP contribution in [-0.4, -0.2) is 54.7 Å². The Balaban J connectivity index is 1.35. The van der Waals surface area contributed by atoms with E-state index in [2.05, 4.69) is 39.2 Å². The van der Waals surface area contributed by atoms with Crippen LogP contribution in [0.25, 0.3) is 0 Å². The van der Waals surface area contributed by atoms with Gasteiger partial charge in [-0.1, -0.05) is 11.6 Å². The number of nitrogens with zero attached hydrogens (tertiary/aromatic N) is 4. The van der Waals surface area contributed by atoms with Gasteiger partial charge < -0.3 is 20.0 Å². The van der Waals surface area contributed by atoms with Crippen LogP contribution in [0.4, 0.5) is 22.0 Å². The highest BCUT2D eigenvalue weighted by Crippen LogP contribution is 2.26. The van der Waals surface area contributed by atoms with Gasteiger partial charge in [-0.25, -0.2) is 9.78 Å². The van der Waals surface area contributed by atoms with Gasteiger partial charge in [-0.15, -0.1) is 0 Å². The number of hydrogen-bond donors (Lipinski definition) is 1. The number of nitrogens with one attached hydrogen (secondary N) is 1. The number of urea groups is 1. The van der Waals surface area contributed by atoms with Crippen molar-refractivity contribution in [3.05, 3.63) is 47.6 Å². The monoisotopic (exact) mass is 413 g/mol. The fraction of sp³-hybridized carbons (Fsp3) is 0.455. The fourth-order valence-electron chi connectivity index (χ4n) is 4.16. The molecule has 154 valence electrons. The van der Waals surface area contributed by atoms with Crippen LogP contribution in [0, 0.1) is 0 Å². The predicted molar refractivity (Wildman–Crippen MR) is 119 cm³/mol. The Kier molecular flexibility index (Phi) is 6.09. The van der Waals surface area contributed by atoms with Crippen molar-refractivity contribution in [2.75, 3.05) is 47.8 Å². The van der Waals surface area contributed by atoms with E-state index in [4.69, 9.17) is 11.6 Å². The lowest BCUT2D eigenvalue weighted by molar-refractivity contribution is 0.184. The Labute approximate surface area is 177 Å². The average Bonchev–Trinajstić information content (AvgIpc) is 2.75. The number of halogens is 1. The lowest BCUT2D eigenvalue weighted by Gasteiger charge is -2.40. The maximum absolute atomic E-state index is 12.8. The van der Waals surface area contributed by atoms with E-state index < -0.39 is 0 Å². The van der Waals surface area contributed by atoms with Gasteiger partial charge in [0, 0.05) is 56.3 Å². The third-order valence-corrected chi connectivity index (χ3v) is 6.06. The smallest absolute Gasteiger partial charge is 0.322 e. The number of piperidine rings is 1. The molecule has 4 rings (SSSR count). The first-order valence-corrected chi connectivity index (χ1v) is 10.8. The van der Waals surface area contributed by atoms with E-state index in [0.717, 1.165) is 24.6 Å². The average molecular weight is 414 g/mol. The molecule has 3 heterocycles. The third-order valence-electron chi connectivity index (χ3n) is 5.77. The van der Waals surface area contributed by atoms with Gasteiger partial charge >= 0.3 is 6.03 Å². The van der Waals surface area contributed by atoms with Gasteiger partial charge in [0.1, 0.15) is 5.82 Å². The molecule has 1 aromatic heterocycles. The van der Waals surface area contributed by atoms with Crippen molar-refractivity contribution >= 4 is 34.8 Å². The second-order valence-corrected chi connectivity index (χ2v) is 8.23. The Hall–Kier alpha value is -2.47. The first-order valence-electron chi connectivity index (χ1n) is 10.4. The Morgan fingerprint density at radius 2 is 1.79 bits per heavy atom. The van der Waals surface area contributed by atoms with Crippen molar-refractivity contribution in [2.45, 2.75) is 32.2 Å². The molecular weight excluding hydrogens is 386 g/mol. The topological polar surface area (TPSA) is 51.7 Å². The van der Waals surface area contributed by atoms with Crippen molar-refractivity contribution in [1.29, 1.82) is 0 Å². The lowest BCUT2D eigenvalue weighted by atomic mass is 10.1. The minimum atomic E-state index is -0.0602. The maximum Gasteiger partial charge on any atom is 0.322 e. The van der Waals surface area contributed by atoms with Crippen LogP contribution in [0.2, 0.25) is 5.02 Å². The van der Waals surface area contributed by atoms with E-state index in [0.29, 0.717) is 24.7 Å². The number of carbonyl (C=O) groups is 1. The Bertz CT molecular complexity index is 837. The highest BCUT2D eigenvalue weighted by molar-refractivity contribution is 6.32. The molecule has 29 heavy (non-hydrogen) atoms. The second-order valence-electron chi connectivity index (χ2n) is 7.82. The normalized spacial score (nSPS) is 19.9. The molecule has 2 aliphatic rings. The Morgan fingerprint density at radius 1 is 1.03 bits per heavy atom. The largest absolute Gasteiger partial charge is 0.372 e. The molecule has 1 aromatic carbocycles. The summed E-state index contributed by atoms with van der Waals surface area (Å²) in [7, 11) is 0. The number of amides is 2. The first kappa shape index (κ1) is 19.8. The standard InChI is InChI=1S/C22H28ClN5O/c1-17-16-27(21-20(23)6-5-11-24-21)14-15-28(17)22(29)25-18-7-9-19(10-8-18)26-12-3-2-4-13-26/h5-11,17H,2-4,12-16H2,1H3,(H,25,29). The zero-order valence-electron chi connectivity index (χ0n) is 16.9. The van der Waals surface area contributed by atoms with Crippen LogP contribution in [0.1, 0.15) is 26.2 Å². The minimum Gasteiger partial charge on any atom is -0.372 e. The second kappa shape index (κ2) is 8.91. The Morgan fingerprint density at radius 3 is 2.48 bits per heavy atom. The summed E-state index contributed by atoms with van der Waals surface area (Å²) in [6.45, 7) is 6.34. The summed E-state index contributed by atoms with van der Waals surface area (Å²) in [6, 6.07) is 11.9. The summed E-state index contributed by atoms with van der Waals surface area (Å²) in [5.41, 5.74) is 2.06. The summed E-state index contributed by atoms with van der Waals surface area (Å²) in [4.78, 5) is 23.7. The molecule has 0 spiro atoms. The number of anilines is 3. The van der Waals surface area contributed by atoms with Crippen LogP contribution in [0.15, 0.2) is 42.6 Å². The van der Waals surface area contributed by atoms with E-state index in [1.807, 2.05) is 29.2 Å².